The van der Waals surface area contributed by atoms with Gasteiger partial charge in [0.25, 0.3) is 0 Å². The maximum absolute atomic E-state index is 12.1. The van der Waals surface area contributed by atoms with Crippen molar-refractivity contribution in [2.75, 3.05) is 13.2 Å². The summed E-state index contributed by atoms with van der Waals surface area (Å²) in [5, 5.41) is 9.50. The van der Waals surface area contributed by atoms with E-state index in [4.69, 9.17) is 21.4 Å². The maximum atomic E-state index is 12.1. The lowest BCUT2D eigenvalue weighted by molar-refractivity contribution is 0.00760. The monoisotopic (exact) mass is 297 g/mol. The van der Waals surface area contributed by atoms with Gasteiger partial charge in [-0.25, -0.2) is 4.79 Å². The highest BCUT2D eigenvalue weighted by molar-refractivity contribution is 6.30. The molecule has 1 N–H and O–H groups in total. The summed E-state index contributed by atoms with van der Waals surface area (Å²) in [5.74, 6) is 0. The summed E-state index contributed by atoms with van der Waals surface area (Å²) in [6, 6.07) is 7.48. The molecule has 0 spiro atoms. The van der Waals surface area contributed by atoms with Crippen molar-refractivity contribution >= 4 is 17.7 Å². The average Bonchev–Trinajstić information content (AvgIpc) is 2.45. The van der Waals surface area contributed by atoms with Crippen LogP contribution in [-0.4, -0.2) is 35.4 Å². The van der Waals surface area contributed by atoms with E-state index >= 15 is 0 Å². The second kappa shape index (κ2) is 6.95. The van der Waals surface area contributed by atoms with E-state index in [1.54, 1.807) is 4.90 Å². The lowest BCUT2D eigenvalue weighted by Gasteiger charge is -2.35. The van der Waals surface area contributed by atoms with Gasteiger partial charge < -0.3 is 14.7 Å². The summed E-state index contributed by atoms with van der Waals surface area (Å²) in [7, 11) is 0. The maximum Gasteiger partial charge on any atom is 0.410 e. The molecule has 20 heavy (non-hydrogen) atoms. The van der Waals surface area contributed by atoms with Crippen LogP contribution >= 0.6 is 11.6 Å². The Bertz CT molecular complexity index is 449. The number of nitrogens with zero attached hydrogens (tertiary/aromatic N) is 1. The molecular formula is C15H20ClNO3. The summed E-state index contributed by atoms with van der Waals surface area (Å²) in [4.78, 5) is 13.8. The van der Waals surface area contributed by atoms with Gasteiger partial charge in [-0.05, 0) is 37.5 Å². The molecule has 1 fully saturated rings. The molecule has 1 aromatic carbocycles. The lowest BCUT2D eigenvalue weighted by atomic mass is 10.0. The van der Waals surface area contributed by atoms with Gasteiger partial charge in [0.1, 0.15) is 6.10 Å². The second-order valence-corrected chi connectivity index (χ2v) is 5.52. The van der Waals surface area contributed by atoms with Crippen molar-refractivity contribution < 1.29 is 14.6 Å². The molecule has 2 rings (SSSR count). The second-order valence-electron chi connectivity index (χ2n) is 5.08. The fourth-order valence-electron chi connectivity index (χ4n) is 2.44. The number of carbonyl (C=O) groups excluding carboxylic acids is 1. The minimum absolute atomic E-state index is 0.0291. The fourth-order valence-corrected chi connectivity index (χ4v) is 2.56. The molecule has 0 radical (unpaired) electrons. The van der Waals surface area contributed by atoms with Crippen LogP contribution in [0.2, 0.25) is 5.02 Å². The summed E-state index contributed by atoms with van der Waals surface area (Å²) in [5.41, 5.74) is 1.04. The van der Waals surface area contributed by atoms with Gasteiger partial charge in [0.2, 0.25) is 0 Å². The number of rotatable bonds is 5. The zero-order chi connectivity index (χ0) is 14.5. The van der Waals surface area contributed by atoms with Crippen molar-refractivity contribution in [2.24, 2.45) is 0 Å². The van der Waals surface area contributed by atoms with Crippen molar-refractivity contribution in [1.82, 2.24) is 4.90 Å². The van der Waals surface area contributed by atoms with Crippen LogP contribution in [-0.2, 0) is 4.74 Å². The summed E-state index contributed by atoms with van der Waals surface area (Å²) >= 11 is 5.87. The first-order valence-electron chi connectivity index (χ1n) is 6.95. The van der Waals surface area contributed by atoms with Crippen LogP contribution in [0.4, 0.5) is 4.79 Å². The highest BCUT2D eigenvalue weighted by Crippen LogP contribution is 2.27. The lowest BCUT2D eigenvalue weighted by Crippen LogP contribution is -2.43. The van der Waals surface area contributed by atoms with E-state index in [9.17, 15) is 4.79 Å². The summed E-state index contributed by atoms with van der Waals surface area (Å²) in [6.07, 6.45) is 1.87. The number of ether oxygens (including phenoxy) is 1. The van der Waals surface area contributed by atoms with E-state index < -0.39 is 0 Å². The van der Waals surface area contributed by atoms with Crippen molar-refractivity contribution in [1.29, 1.82) is 0 Å². The number of cyclic esters (lactones) is 1. The van der Waals surface area contributed by atoms with E-state index in [0.717, 1.165) is 18.4 Å². The summed E-state index contributed by atoms with van der Waals surface area (Å²) < 4.78 is 5.42. The molecule has 0 saturated carbocycles. The molecule has 1 aromatic rings. The third-order valence-corrected chi connectivity index (χ3v) is 3.95. The molecule has 5 heteroatoms. The normalized spacial score (nSPS) is 20.6. The highest BCUT2D eigenvalue weighted by Gasteiger charge is 2.30. The number of hydrogen-bond acceptors (Lipinski definition) is 3. The molecule has 2 unspecified atom stereocenters. The number of amides is 1. The predicted molar refractivity (Wildman–Crippen MR) is 77.8 cm³/mol. The Hall–Kier alpha value is -1.26. The van der Waals surface area contributed by atoms with Crippen molar-refractivity contribution in [3.8, 4) is 0 Å². The third kappa shape index (κ3) is 3.64. The molecule has 1 amide bonds. The third-order valence-electron chi connectivity index (χ3n) is 3.70. The first-order valence-corrected chi connectivity index (χ1v) is 7.33. The van der Waals surface area contributed by atoms with E-state index in [0.29, 0.717) is 18.0 Å². The van der Waals surface area contributed by atoms with Gasteiger partial charge in [-0.15, -0.1) is 0 Å². The van der Waals surface area contributed by atoms with Crippen LogP contribution in [0.25, 0.3) is 0 Å². The fraction of sp³-hybridized carbons (Fsp3) is 0.533. The van der Waals surface area contributed by atoms with Crippen molar-refractivity contribution in [3.63, 3.8) is 0 Å². The highest BCUT2D eigenvalue weighted by atomic mass is 35.5. The van der Waals surface area contributed by atoms with E-state index in [2.05, 4.69) is 0 Å². The van der Waals surface area contributed by atoms with E-state index in [-0.39, 0.29) is 24.8 Å². The standard InChI is InChI=1S/C15H20ClNO3/c1-11(12-4-6-13(16)7-5-12)17-9-8-14(3-2-10-18)20-15(17)19/h4-7,11,14,18H,2-3,8-10H2,1H3. The van der Waals surface area contributed by atoms with Crippen LogP contribution in [0, 0.1) is 0 Å². The van der Waals surface area contributed by atoms with Gasteiger partial charge in [0, 0.05) is 24.6 Å². The zero-order valence-corrected chi connectivity index (χ0v) is 12.3. The SMILES string of the molecule is CC(c1ccc(Cl)cc1)N1CCC(CCCO)OC1=O. The van der Waals surface area contributed by atoms with Crippen LogP contribution < -0.4 is 0 Å². The van der Waals surface area contributed by atoms with Gasteiger partial charge in [0.15, 0.2) is 0 Å². The Morgan fingerprint density at radius 3 is 2.75 bits per heavy atom. The molecule has 1 aliphatic rings. The molecule has 4 nitrogen and oxygen atoms in total. The number of aliphatic hydroxyl groups excluding tert-OH is 1. The molecule has 1 heterocycles. The minimum Gasteiger partial charge on any atom is -0.446 e. The number of carbonyl (C=O) groups is 1. The molecule has 0 bridgehead atoms. The van der Waals surface area contributed by atoms with Crippen LogP contribution in [0.5, 0.6) is 0 Å². The van der Waals surface area contributed by atoms with E-state index in [1.165, 1.54) is 0 Å². The van der Waals surface area contributed by atoms with Crippen LogP contribution in [0.3, 0.4) is 0 Å². The quantitative estimate of drug-likeness (QED) is 0.906. The van der Waals surface area contributed by atoms with Gasteiger partial charge in [0.05, 0.1) is 6.04 Å². The number of hydrogen-bond donors (Lipinski definition) is 1. The molecule has 2 atom stereocenters. The average molecular weight is 298 g/mol. The number of halogens is 1. The largest absolute Gasteiger partial charge is 0.446 e. The van der Waals surface area contributed by atoms with Gasteiger partial charge in [-0.2, -0.15) is 0 Å². The molecule has 1 aliphatic heterocycles. The Morgan fingerprint density at radius 1 is 1.45 bits per heavy atom. The van der Waals surface area contributed by atoms with Crippen molar-refractivity contribution in [2.45, 2.75) is 38.3 Å². The van der Waals surface area contributed by atoms with Gasteiger partial charge >= 0.3 is 6.09 Å². The smallest absolute Gasteiger partial charge is 0.410 e. The van der Waals surface area contributed by atoms with Crippen LogP contribution in [0.1, 0.15) is 37.8 Å². The topological polar surface area (TPSA) is 49.8 Å². The molecular weight excluding hydrogens is 278 g/mol. The number of aliphatic hydroxyl groups is 1. The Kier molecular flexibility index (Phi) is 5.26. The Labute approximate surface area is 124 Å². The predicted octanol–water partition coefficient (Wildman–Crippen LogP) is 3.38. The minimum atomic E-state index is -0.276. The first kappa shape index (κ1) is 15.1. The molecule has 110 valence electrons. The van der Waals surface area contributed by atoms with Gasteiger partial charge in [-0.3, -0.25) is 0 Å². The Morgan fingerprint density at radius 2 is 2.15 bits per heavy atom. The van der Waals surface area contributed by atoms with Crippen LogP contribution in [0.15, 0.2) is 24.3 Å². The van der Waals surface area contributed by atoms with Crippen molar-refractivity contribution in [3.05, 3.63) is 34.9 Å². The van der Waals surface area contributed by atoms with Gasteiger partial charge in [-0.1, -0.05) is 23.7 Å². The molecule has 0 aliphatic carbocycles. The molecule has 0 aromatic heterocycles. The summed E-state index contributed by atoms with van der Waals surface area (Å²) in [6.45, 7) is 2.80. The molecule has 1 saturated heterocycles. The van der Waals surface area contributed by atoms with E-state index in [1.807, 2.05) is 31.2 Å². The zero-order valence-electron chi connectivity index (χ0n) is 11.6. The first-order chi connectivity index (χ1) is 9.61. The number of benzene rings is 1. The Balaban J connectivity index is 1.96.